The Hall–Kier alpha value is -2.77. The predicted octanol–water partition coefficient (Wildman–Crippen LogP) is 3.69. The zero-order valence-corrected chi connectivity index (χ0v) is 18.0. The van der Waals surface area contributed by atoms with Crippen molar-refractivity contribution < 1.29 is 28.8 Å². The van der Waals surface area contributed by atoms with Crippen molar-refractivity contribution in [1.82, 2.24) is 4.90 Å². The van der Waals surface area contributed by atoms with E-state index in [0.717, 1.165) is 23.3 Å². The second-order valence-corrected chi connectivity index (χ2v) is 7.91. The highest BCUT2D eigenvalue weighted by atomic mass is 16.7. The summed E-state index contributed by atoms with van der Waals surface area (Å²) in [6, 6.07) is 13.2. The Balaban J connectivity index is 1.66. The van der Waals surface area contributed by atoms with Crippen LogP contribution < -0.4 is 14.2 Å². The Bertz CT molecular complexity index is 899. The minimum Gasteiger partial charge on any atom is -0.497 e. The Kier molecular flexibility index (Phi) is 6.63. The molecule has 2 heterocycles. The van der Waals surface area contributed by atoms with Crippen LogP contribution in [0, 0.1) is 5.92 Å². The number of carboxylic acid groups (broad SMARTS) is 1. The molecule has 0 aliphatic carbocycles. The first kappa shape index (κ1) is 21.5. The van der Waals surface area contributed by atoms with Gasteiger partial charge < -0.3 is 24.1 Å². The number of ether oxygens (including phenoxy) is 4. The van der Waals surface area contributed by atoms with Gasteiger partial charge in [-0.25, -0.2) is 0 Å². The summed E-state index contributed by atoms with van der Waals surface area (Å²) >= 11 is 0. The van der Waals surface area contributed by atoms with E-state index in [0.29, 0.717) is 37.8 Å². The Labute approximate surface area is 182 Å². The van der Waals surface area contributed by atoms with Crippen molar-refractivity contribution in [2.75, 3.05) is 40.2 Å². The van der Waals surface area contributed by atoms with Crippen molar-refractivity contribution in [1.29, 1.82) is 0 Å². The fourth-order valence-corrected chi connectivity index (χ4v) is 4.57. The molecule has 1 saturated heterocycles. The van der Waals surface area contributed by atoms with Gasteiger partial charge >= 0.3 is 5.97 Å². The number of methoxy groups -OCH3 is 1. The van der Waals surface area contributed by atoms with Gasteiger partial charge in [0.1, 0.15) is 5.75 Å². The van der Waals surface area contributed by atoms with Gasteiger partial charge in [0.25, 0.3) is 0 Å². The van der Waals surface area contributed by atoms with Crippen molar-refractivity contribution >= 4 is 5.97 Å². The molecule has 0 aromatic heterocycles. The second kappa shape index (κ2) is 9.58. The molecule has 7 heteroatoms. The second-order valence-electron chi connectivity index (χ2n) is 7.91. The van der Waals surface area contributed by atoms with Crippen molar-refractivity contribution in [2.45, 2.75) is 25.3 Å². The maximum Gasteiger partial charge on any atom is 0.309 e. The Morgan fingerprint density at radius 1 is 1.10 bits per heavy atom. The van der Waals surface area contributed by atoms with Gasteiger partial charge in [-0.1, -0.05) is 25.1 Å². The van der Waals surface area contributed by atoms with Crippen LogP contribution in [0.4, 0.5) is 0 Å². The van der Waals surface area contributed by atoms with Crippen molar-refractivity contribution in [3.63, 3.8) is 0 Å². The quantitative estimate of drug-likeness (QED) is 0.612. The Morgan fingerprint density at radius 2 is 1.84 bits per heavy atom. The molecule has 3 atom stereocenters. The molecule has 0 amide bonds. The average Bonchev–Trinajstić information content (AvgIpc) is 3.41. The number of rotatable bonds is 9. The molecule has 0 radical (unpaired) electrons. The first-order valence-corrected chi connectivity index (χ1v) is 10.7. The van der Waals surface area contributed by atoms with E-state index in [1.165, 1.54) is 0 Å². The minimum absolute atomic E-state index is 0.176. The van der Waals surface area contributed by atoms with Gasteiger partial charge in [-0.05, 0) is 41.8 Å². The SMILES string of the molecule is CCCOCCN1C[C@H](c2ccc3c(c2)OCO3)[C@H](C(=O)O)[C@H]1c1ccc(OC)cc1. The van der Waals surface area contributed by atoms with E-state index in [1.54, 1.807) is 7.11 Å². The number of hydrogen-bond donors (Lipinski definition) is 1. The smallest absolute Gasteiger partial charge is 0.309 e. The third-order valence-corrected chi connectivity index (χ3v) is 6.04. The number of hydrogen-bond acceptors (Lipinski definition) is 6. The lowest BCUT2D eigenvalue weighted by molar-refractivity contribution is -0.143. The first-order valence-electron chi connectivity index (χ1n) is 10.7. The number of aliphatic carboxylic acids is 1. The Morgan fingerprint density at radius 3 is 2.55 bits per heavy atom. The molecule has 31 heavy (non-hydrogen) atoms. The van der Waals surface area contributed by atoms with Gasteiger partial charge in [0.15, 0.2) is 11.5 Å². The molecule has 2 aliphatic rings. The monoisotopic (exact) mass is 427 g/mol. The summed E-state index contributed by atoms with van der Waals surface area (Å²) in [5, 5.41) is 10.3. The molecule has 166 valence electrons. The van der Waals surface area contributed by atoms with Crippen LogP contribution in [0.15, 0.2) is 42.5 Å². The number of carboxylic acids is 1. The molecule has 4 rings (SSSR count). The van der Waals surface area contributed by atoms with Crippen LogP contribution in [-0.2, 0) is 9.53 Å². The number of likely N-dealkylation sites (tertiary alicyclic amines) is 1. The standard InChI is InChI=1S/C24H29NO6/c1-3-11-29-12-10-25-14-19(17-6-9-20-21(13-17)31-15-30-20)22(24(26)27)23(25)16-4-7-18(28-2)8-5-16/h4-9,13,19,22-23H,3,10-12,14-15H2,1-2H3,(H,26,27)/t19-,22+,23-/m1/s1. The van der Waals surface area contributed by atoms with Crippen molar-refractivity contribution in [3.05, 3.63) is 53.6 Å². The fraction of sp³-hybridized carbons (Fsp3) is 0.458. The van der Waals surface area contributed by atoms with Crippen LogP contribution >= 0.6 is 0 Å². The van der Waals surface area contributed by atoms with Crippen LogP contribution in [0.2, 0.25) is 0 Å². The van der Waals surface area contributed by atoms with Gasteiger partial charge in [0.2, 0.25) is 6.79 Å². The zero-order chi connectivity index (χ0) is 21.8. The molecule has 2 aromatic carbocycles. The lowest BCUT2D eigenvalue weighted by Crippen LogP contribution is -2.31. The molecular formula is C24H29NO6. The summed E-state index contributed by atoms with van der Waals surface area (Å²) in [5.41, 5.74) is 1.92. The highest BCUT2D eigenvalue weighted by molar-refractivity contribution is 5.74. The van der Waals surface area contributed by atoms with Gasteiger partial charge in [0.05, 0.1) is 19.6 Å². The zero-order valence-electron chi connectivity index (χ0n) is 18.0. The maximum absolute atomic E-state index is 12.5. The number of carbonyl (C=O) groups is 1. The average molecular weight is 427 g/mol. The van der Waals surface area contributed by atoms with E-state index < -0.39 is 11.9 Å². The number of fused-ring (bicyclic) bond motifs is 1. The van der Waals surface area contributed by atoms with Gasteiger partial charge in [0, 0.05) is 31.7 Å². The third-order valence-electron chi connectivity index (χ3n) is 6.04. The van der Waals surface area contributed by atoms with E-state index in [4.69, 9.17) is 18.9 Å². The van der Waals surface area contributed by atoms with Crippen LogP contribution in [0.1, 0.15) is 36.4 Å². The molecule has 2 aliphatic heterocycles. The molecule has 1 N–H and O–H groups in total. The normalized spacial score (nSPS) is 22.6. The van der Waals surface area contributed by atoms with E-state index in [2.05, 4.69) is 11.8 Å². The summed E-state index contributed by atoms with van der Waals surface area (Å²) < 4.78 is 22.0. The minimum atomic E-state index is -0.805. The highest BCUT2D eigenvalue weighted by Crippen LogP contribution is 2.47. The third kappa shape index (κ3) is 4.48. The van der Waals surface area contributed by atoms with Crippen LogP contribution in [0.3, 0.4) is 0 Å². The summed E-state index contributed by atoms with van der Waals surface area (Å²) in [6.07, 6.45) is 0.958. The number of nitrogens with zero attached hydrogens (tertiary/aromatic N) is 1. The maximum atomic E-state index is 12.5. The highest BCUT2D eigenvalue weighted by Gasteiger charge is 2.47. The number of benzene rings is 2. The topological polar surface area (TPSA) is 77.5 Å². The lowest BCUT2D eigenvalue weighted by atomic mass is 9.82. The van der Waals surface area contributed by atoms with Gasteiger partial charge in [-0.3, -0.25) is 9.69 Å². The molecule has 0 bridgehead atoms. The summed E-state index contributed by atoms with van der Waals surface area (Å²) in [6.45, 7) is 4.84. The van der Waals surface area contributed by atoms with Gasteiger partial charge in [-0.2, -0.15) is 0 Å². The van der Waals surface area contributed by atoms with Crippen LogP contribution in [-0.4, -0.2) is 56.2 Å². The molecule has 0 spiro atoms. The fourth-order valence-electron chi connectivity index (χ4n) is 4.57. The van der Waals surface area contributed by atoms with E-state index in [-0.39, 0.29) is 18.8 Å². The van der Waals surface area contributed by atoms with Crippen molar-refractivity contribution in [3.8, 4) is 17.2 Å². The molecule has 1 fully saturated rings. The summed E-state index contributed by atoms with van der Waals surface area (Å²) in [7, 11) is 1.62. The largest absolute Gasteiger partial charge is 0.497 e. The predicted molar refractivity (Wildman–Crippen MR) is 115 cm³/mol. The van der Waals surface area contributed by atoms with Crippen LogP contribution in [0.5, 0.6) is 17.2 Å². The lowest BCUT2D eigenvalue weighted by Gasteiger charge is -2.27. The molecule has 0 unspecified atom stereocenters. The van der Waals surface area contributed by atoms with E-state index >= 15 is 0 Å². The summed E-state index contributed by atoms with van der Waals surface area (Å²) in [4.78, 5) is 14.7. The molecule has 7 nitrogen and oxygen atoms in total. The first-order chi connectivity index (χ1) is 15.1. The summed E-state index contributed by atoms with van der Waals surface area (Å²) in [5.74, 6) is 0.543. The molecule has 0 saturated carbocycles. The van der Waals surface area contributed by atoms with E-state index in [9.17, 15) is 9.90 Å². The van der Waals surface area contributed by atoms with Gasteiger partial charge in [-0.15, -0.1) is 0 Å². The molecular weight excluding hydrogens is 398 g/mol. The van der Waals surface area contributed by atoms with E-state index in [1.807, 2.05) is 42.5 Å². The van der Waals surface area contributed by atoms with Crippen molar-refractivity contribution in [2.24, 2.45) is 5.92 Å². The van der Waals surface area contributed by atoms with Crippen LogP contribution in [0.25, 0.3) is 0 Å². The molecule has 2 aromatic rings.